The number of ether oxygens (including phenoxy) is 1. The van der Waals surface area contributed by atoms with Crippen LogP contribution < -0.4 is 10.1 Å². The molecule has 4 aromatic rings. The van der Waals surface area contributed by atoms with E-state index in [0.29, 0.717) is 37.7 Å². The number of nitrogens with one attached hydrogen (secondary N) is 1. The number of alkyl halides is 3. The molecule has 4 aromatic carbocycles. The Labute approximate surface area is 270 Å². The molecule has 3 nitrogen and oxygen atoms in total. The third kappa shape index (κ3) is 10.8. The van der Waals surface area contributed by atoms with Crippen molar-refractivity contribution in [1.82, 2.24) is 10.2 Å². The van der Waals surface area contributed by atoms with E-state index >= 15 is 0 Å². The van der Waals surface area contributed by atoms with Crippen LogP contribution in [-0.2, 0) is 19.1 Å². The van der Waals surface area contributed by atoms with E-state index in [4.69, 9.17) is 16.3 Å². The molecule has 0 aromatic heterocycles. The van der Waals surface area contributed by atoms with Crippen molar-refractivity contribution < 1.29 is 17.9 Å². The van der Waals surface area contributed by atoms with Crippen LogP contribution in [0.1, 0.15) is 54.0 Å². The van der Waals surface area contributed by atoms with E-state index in [9.17, 15) is 13.2 Å². The van der Waals surface area contributed by atoms with Crippen molar-refractivity contribution in [3.63, 3.8) is 0 Å². The predicted octanol–water partition coefficient (Wildman–Crippen LogP) is 9.42. The summed E-state index contributed by atoms with van der Waals surface area (Å²) >= 11 is 6.34. The largest absolute Gasteiger partial charge is 0.494 e. The number of halogens is 5. The minimum Gasteiger partial charge on any atom is -0.494 e. The van der Waals surface area contributed by atoms with Crippen LogP contribution in [0.2, 0.25) is 5.02 Å². The smallest absolute Gasteiger partial charge is 0.417 e. The monoisotopic (exact) mass is 644 g/mol. The summed E-state index contributed by atoms with van der Waals surface area (Å²) in [6.07, 6.45) is -2.89. The van der Waals surface area contributed by atoms with Crippen molar-refractivity contribution in [2.75, 3.05) is 26.2 Å². The van der Waals surface area contributed by atoms with E-state index in [1.807, 2.05) is 48.5 Å². The summed E-state index contributed by atoms with van der Waals surface area (Å²) in [5.74, 6) is 0.852. The van der Waals surface area contributed by atoms with Crippen molar-refractivity contribution in [2.24, 2.45) is 0 Å². The summed E-state index contributed by atoms with van der Waals surface area (Å²) in [5.41, 5.74) is 3.16. The average Bonchev–Trinajstić information content (AvgIpc) is 2.99. The molecule has 0 heterocycles. The van der Waals surface area contributed by atoms with Gasteiger partial charge < -0.3 is 10.1 Å². The van der Waals surface area contributed by atoms with Crippen LogP contribution in [0.25, 0.3) is 0 Å². The second-order valence-electron chi connectivity index (χ2n) is 11.1. The van der Waals surface area contributed by atoms with Gasteiger partial charge in [0, 0.05) is 31.6 Å². The lowest BCUT2D eigenvalue weighted by atomic mass is 9.90. The topological polar surface area (TPSA) is 24.5 Å². The van der Waals surface area contributed by atoms with E-state index in [1.54, 1.807) is 6.07 Å². The standard InChI is InChI=1S/C36H40ClF3N2O.ClH/c1-27(2)41-21-20-28-12-9-18-32(24-28)43-23-11-22-42(25-31-17-10-19-34(35(31)37)36(38,39)40)26-33(29-13-5-3-6-14-29)30-15-7-4-8-16-30;/h3-10,12-19,24,27,33,41H,11,20-23,25-26H2,1-2H3;1H. The molecule has 0 radical (unpaired) electrons. The summed E-state index contributed by atoms with van der Waals surface area (Å²) in [7, 11) is 0. The van der Waals surface area contributed by atoms with Crippen molar-refractivity contribution in [3.8, 4) is 5.75 Å². The summed E-state index contributed by atoms with van der Waals surface area (Å²) in [4.78, 5) is 2.18. The molecule has 0 aliphatic rings. The first-order valence-corrected chi connectivity index (χ1v) is 15.2. The molecule has 0 aliphatic heterocycles. The predicted molar refractivity (Wildman–Crippen MR) is 177 cm³/mol. The van der Waals surface area contributed by atoms with Gasteiger partial charge in [0.2, 0.25) is 0 Å². The lowest BCUT2D eigenvalue weighted by Crippen LogP contribution is -2.31. The number of rotatable bonds is 15. The summed E-state index contributed by atoms with van der Waals surface area (Å²) < 4.78 is 47.0. The first kappa shape index (κ1) is 35.4. The molecule has 236 valence electrons. The zero-order valence-corrected chi connectivity index (χ0v) is 26.8. The van der Waals surface area contributed by atoms with E-state index in [-0.39, 0.29) is 29.9 Å². The molecule has 0 saturated carbocycles. The van der Waals surface area contributed by atoms with Crippen molar-refractivity contribution in [2.45, 2.75) is 51.4 Å². The summed E-state index contributed by atoms with van der Waals surface area (Å²) in [5, 5.41) is 3.19. The number of hydrogen-bond donors (Lipinski definition) is 1. The molecular weight excluding hydrogens is 604 g/mol. The summed E-state index contributed by atoms with van der Waals surface area (Å²) in [6, 6.07) is 33.1. The quantitative estimate of drug-likeness (QED) is 0.130. The Hall–Kier alpha value is -3.03. The van der Waals surface area contributed by atoms with Gasteiger partial charge >= 0.3 is 6.18 Å². The fourth-order valence-corrected chi connectivity index (χ4v) is 5.50. The highest BCUT2D eigenvalue weighted by Crippen LogP contribution is 2.37. The van der Waals surface area contributed by atoms with Crippen LogP contribution in [-0.4, -0.2) is 37.2 Å². The number of hydrogen-bond acceptors (Lipinski definition) is 3. The molecule has 0 fully saturated rings. The second-order valence-corrected chi connectivity index (χ2v) is 11.5. The Morgan fingerprint density at radius 2 is 1.48 bits per heavy atom. The second kappa shape index (κ2) is 17.5. The number of nitrogens with zero attached hydrogens (tertiary/aromatic N) is 1. The molecule has 4 rings (SSSR count). The highest BCUT2D eigenvalue weighted by Gasteiger charge is 2.34. The minimum atomic E-state index is -4.51. The first-order valence-electron chi connectivity index (χ1n) is 14.8. The maximum atomic E-state index is 13.6. The third-order valence-electron chi connectivity index (χ3n) is 7.37. The molecule has 0 atom stereocenters. The summed E-state index contributed by atoms with van der Waals surface area (Å²) in [6.45, 7) is 7.17. The fraction of sp³-hybridized carbons (Fsp3) is 0.333. The highest BCUT2D eigenvalue weighted by molar-refractivity contribution is 6.32. The van der Waals surface area contributed by atoms with Crippen LogP contribution >= 0.6 is 24.0 Å². The molecular formula is C36H41Cl2F3N2O. The van der Waals surface area contributed by atoms with Gasteiger partial charge in [0.05, 0.1) is 17.2 Å². The molecule has 0 spiro atoms. The van der Waals surface area contributed by atoms with Crippen LogP contribution in [0.4, 0.5) is 13.2 Å². The fourth-order valence-electron chi connectivity index (χ4n) is 5.20. The van der Waals surface area contributed by atoms with Crippen molar-refractivity contribution in [3.05, 3.63) is 136 Å². The zero-order valence-electron chi connectivity index (χ0n) is 25.2. The van der Waals surface area contributed by atoms with E-state index in [1.165, 1.54) is 11.6 Å². The molecule has 0 bridgehead atoms. The Morgan fingerprint density at radius 1 is 0.841 bits per heavy atom. The van der Waals surface area contributed by atoms with Crippen molar-refractivity contribution >= 4 is 24.0 Å². The van der Waals surface area contributed by atoms with Crippen LogP contribution in [0.3, 0.4) is 0 Å². The zero-order chi connectivity index (χ0) is 30.7. The van der Waals surface area contributed by atoms with Crippen molar-refractivity contribution in [1.29, 1.82) is 0 Å². The lowest BCUT2D eigenvalue weighted by Gasteiger charge is -2.29. The van der Waals surface area contributed by atoms with Gasteiger partial charge in [-0.3, -0.25) is 4.90 Å². The minimum absolute atomic E-state index is 0. The van der Waals surface area contributed by atoms with E-state index < -0.39 is 11.7 Å². The van der Waals surface area contributed by atoms with Gasteiger partial charge in [-0.2, -0.15) is 13.2 Å². The Bertz CT molecular complexity index is 1360. The molecule has 44 heavy (non-hydrogen) atoms. The van der Waals surface area contributed by atoms with Gasteiger partial charge in [-0.15, -0.1) is 12.4 Å². The van der Waals surface area contributed by atoms with Gasteiger partial charge in [0.1, 0.15) is 5.75 Å². The first-order chi connectivity index (χ1) is 20.7. The van der Waals surface area contributed by atoms with Crippen LogP contribution in [0, 0.1) is 0 Å². The van der Waals surface area contributed by atoms with E-state index in [0.717, 1.165) is 35.9 Å². The maximum absolute atomic E-state index is 13.6. The SMILES string of the molecule is CC(C)NCCc1cccc(OCCCN(Cc2cccc(C(F)(F)F)c2Cl)CC(c2ccccc2)c2ccccc2)c1.Cl. The van der Waals surface area contributed by atoms with Gasteiger partial charge in [0.15, 0.2) is 0 Å². The Balaban J connectivity index is 0.00000529. The average molecular weight is 646 g/mol. The number of benzene rings is 4. The third-order valence-corrected chi connectivity index (χ3v) is 7.82. The normalized spacial score (nSPS) is 11.7. The van der Waals surface area contributed by atoms with Gasteiger partial charge in [-0.25, -0.2) is 0 Å². The van der Waals surface area contributed by atoms with Crippen LogP contribution in [0.15, 0.2) is 103 Å². The molecule has 1 N–H and O–H groups in total. The highest BCUT2D eigenvalue weighted by atomic mass is 35.5. The molecule has 0 saturated heterocycles. The molecule has 0 amide bonds. The van der Waals surface area contributed by atoms with Gasteiger partial charge in [-0.1, -0.05) is 110 Å². The molecule has 0 aliphatic carbocycles. The van der Waals surface area contributed by atoms with Gasteiger partial charge in [0.25, 0.3) is 0 Å². The Morgan fingerprint density at radius 3 is 2.09 bits per heavy atom. The van der Waals surface area contributed by atoms with Crippen LogP contribution in [0.5, 0.6) is 5.75 Å². The maximum Gasteiger partial charge on any atom is 0.417 e. The lowest BCUT2D eigenvalue weighted by molar-refractivity contribution is -0.137. The molecule has 8 heteroatoms. The molecule has 0 unspecified atom stereocenters. The Kier molecular flexibility index (Phi) is 14.1. The van der Waals surface area contributed by atoms with Gasteiger partial charge in [-0.05, 0) is 59.8 Å². The van der Waals surface area contributed by atoms with E-state index in [2.05, 4.69) is 60.5 Å².